The van der Waals surface area contributed by atoms with Gasteiger partial charge >= 0.3 is 0 Å². The Hall–Kier alpha value is -0.470. The van der Waals surface area contributed by atoms with Crippen molar-refractivity contribution in [3.05, 3.63) is 29.8 Å². The second kappa shape index (κ2) is 7.75. The lowest BCUT2D eigenvalue weighted by Gasteiger charge is -2.13. The molecule has 1 aromatic rings. The Morgan fingerprint density at radius 1 is 1.31 bits per heavy atom. The molecule has 0 saturated carbocycles. The highest BCUT2D eigenvalue weighted by Gasteiger charge is 2.04. The maximum atomic E-state index is 3.45. The Labute approximate surface area is 104 Å². The van der Waals surface area contributed by atoms with Crippen LogP contribution in [0.4, 0.5) is 0 Å². The molecule has 0 radical (unpaired) electrons. The number of benzene rings is 1. The number of thioether (sulfide) groups is 1. The molecule has 1 rings (SSSR count). The Morgan fingerprint density at radius 2 is 2.12 bits per heavy atom. The van der Waals surface area contributed by atoms with Crippen LogP contribution in [0.3, 0.4) is 0 Å². The van der Waals surface area contributed by atoms with Crippen LogP contribution >= 0.6 is 11.8 Å². The molecule has 0 aliphatic rings. The van der Waals surface area contributed by atoms with E-state index >= 15 is 0 Å². The van der Waals surface area contributed by atoms with Crippen LogP contribution in [0, 0.1) is 0 Å². The fourth-order valence-corrected chi connectivity index (χ4v) is 2.69. The molecule has 0 fully saturated rings. The van der Waals surface area contributed by atoms with Crippen molar-refractivity contribution in [2.24, 2.45) is 0 Å². The third kappa shape index (κ3) is 4.58. The van der Waals surface area contributed by atoms with Gasteiger partial charge in [0.2, 0.25) is 0 Å². The molecular formula is C14H23NS. The van der Waals surface area contributed by atoms with Crippen molar-refractivity contribution in [2.75, 3.05) is 12.3 Å². The number of hydrogen-bond donors (Lipinski definition) is 1. The van der Waals surface area contributed by atoms with Crippen molar-refractivity contribution in [2.45, 2.75) is 44.6 Å². The molecular weight excluding hydrogens is 214 g/mol. The van der Waals surface area contributed by atoms with Gasteiger partial charge in [-0.3, -0.25) is 0 Å². The molecule has 0 saturated heterocycles. The van der Waals surface area contributed by atoms with Crippen LogP contribution in [-0.2, 0) is 0 Å². The second-order valence-corrected chi connectivity index (χ2v) is 5.22. The molecule has 0 spiro atoms. The van der Waals surface area contributed by atoms with Gasteiger partial charge in [0, 0.05) is 10.9 Å². The van der Waals surface area contributed by atoms with E-state index in [1.54, 1.807) is 0 Å². The maximum absolute atomic E-state index is 3.45. The quantitative estimate of drug-likeness (QED) is 0.562. The van der Waals surface area contributed by atoms with E-state index in [1.165, 1.54) is 29.1 Å². The van der Waals surface area contributed by atoms with Crippen molar-refractivity contribution in [3.63, 3.8) is 0 Å². The molecule has 1 N–H and O–H groups in total. The number of hydrogen-bond acceptors (Lipinski definition) is 2. The molecule has 0 heterocycles. The second-order valence-electron chi connectivity index (χ2n) is 4.05. The highest BCUT2D eigenvalue weighted by atomic mass is 32.2. The van der Waals surface area contributed by atoms with E-state index in [0.717, 1.165) is 6.54 Å². The standard InChI is InChI=1S/C14H23NS/c1-4-6-10-16-14-9-7-8-13(11-14)12(3)15-5-2/h7-9,11-12,15H,4-6,10H2,1-3H3. The zero-order valence-electron chi connectivity index (χ0n) is 10.6. The number of unbranched alkanes of at least 4 members (excludes halogenated alkanes) is 1. The van der Waals surface area contributed by atoms with E-state index in [4.69, 9.17) is 0 Å². The normalized spacial score (nSPS) is 12.7. The van der Waals surface area contributed by atoms with Crippen LogP contribution in [0.15, 0.2) is 29.2 Å². The van der Waals surface area contributed by atoms with E-state index in [-0.39, 0.29) is 0 Å². The molecule has 1 aromatic carbocycles. The van der Waals surface area contributed by atoms with Gasteiger partial charge in [-0.05, 0) is 43.3 Å². The van der Waals surface area contributed by atoms with E-state index < -0.39 is 0 Å². The molecule has 90 valence electrons. The lowest BCUT2D eigenvalue weighted by Crippen LogP contribution is -2.17. The van der Waals surface area contributed by atoms with Crippen LogP contribution < -0.4 is 5.32 Å². The van der Waals surface area contributed by atoms with Crippen molar-refractivity contribution in [1.29, 1.82) is 0 Å². The van der Waals surface area contributed by atoms with Gasteiger partial charge in [0.25, 0.3) is 0 Å². The minimum atomic E-state index is 0.455. The van der Waals surface area contributed by atoms with Gasteiger partial charge in [0.05, 0.1) is 0 Å². The van der Waals surface area contributed by atoms with Crippen LogP contribution in [-0.4, -0.2) is 12.3 Å². The largest absolute Gasteiger partial charge is 0.310 e. The van der Waals surface area contributed by atoms with Crippen LogP contribution in [0.2, 0.25) is 0 Å². The molecule has 1 unspecified atom stereocenters. The molecule has 0 aliphatic carbocycles. The third-order valence-electron chi connectivity index (χ3n) is 2.64. The van der Waals surface area contributed by atoms with Gasteiger partial charge in [-0.25, -0.2) is 0 Å². The van der Waals surface area contributed by atoms with Gasteiger partial charge in [-0.2, -0.15) is 0 Å². The van der Waals surface area contributed by atoms with Crippen LogP contribution in [0.25, 0.3) is 0 Å². The summed E-state index contributed by atoms with van der Waals surface area (Å²) in [5.74, 6) is 1.23. The molecule has 0 bridgehead atoms. The predicted molar refractivity (Wildman–Crippen MR) is 74.2 cm³/mol. The summed E-state index contributed by atoms with van der Waals surface area (Å²) in [6.07, 6.45) is 2.58. The first-order valence-corrected chi connectivity index (χ1v) is 7.22. The zero-order chi connectivity index (χ0) is 11.8. The summed E-state index contributed by atoms with van der Waals surface area (Å²) < 4.78 is 0. The molecule has 0 amide bonds. The van der Waals surface area contributed by atoms with Crippen molar-refractivity contribution >= 4 is 11.8 Å². The fourth-order valence-electron chi connectivity index (χ4n) is 1.63. The average Bonchev–Trinajstić information content (AvgIpc) is 2.30. The van der Waals surface area contributed by atoms with Gasteiger partial charge in [0.15, 0.2) is 0 Å². The molecule has 16 heavy (non-hydrogen) atoms. The number of rotatable bonds is 7. The Balaban J connectivity index is 2.56. The summed E-state index contributed by atoms with van der Waals surface area (Å²) >= 11 is 1.97. The first-order valence-electron chi connectivity index (χ1n) is 6.24. The summed E-state index contributed by atoms with van der Waals surface area (Å²) in [5.41, 5.74) is 1.39. The van der Waals surface area contributed by atoms with Crippen LogP contribution in [0.5, 0.6) is 0 Å². The third-order valence-corrected chi connectivity index (χ3v) is 3.72. The fraction of sp³-hybridized carbons (Fsp3) is 0.571. The summed E-state index contributed by atoms with van der Waals surface area (Å²) in [6.45, 7) is 7.63. The topological polar surface area (TPSA) is 12.0 Å². The monoisotopic (exact) mass is 237 g/mol. The lowest BCUT2D eigenvalue weighted by atomic mass is 10.1. The average molecular weight is 237 g/mol. The summed E-state index contributed by atoms with van der Waals surface area (Å²) in [6, 6.07) is 9.35. The first kappa shape index (κ1) is 13.6. The molecule has 0 aromatic heterocycles. The minimum Gasteiger partial charge on any atom is -0.310 e. The Kier molecular flexibility index (Phi) is 6.58. The van der Waals surface area contributed by atoms with Crippen molar-refractivity contribution in [1.82, 2.24) is 5.32 Å². The first-order chi connectivity index (χ1) is 7.77. The number of nitrogens with one attached hydrogen (secondary N) is 1. The van der Waals surface area contributed by atoms with Crippen molar-refractivity contribution in [3.8, 4) is 0 Å². The summed E-state index contributed by atoms with van der Waals surface area (Å²) in [5, 5.41) is 3.45. The molecule has 0 aliphatic heterocycles. The van der Waals surface area contributed by atoms with Gasteiger partial charge < -0.3 is 5.32 Å². The minimum absolute atomic E-state index is 0.455. The maximum Gasteiger partial charge on any atom is 0.0292 e. The molecule has 1 nitrogen and oxygen atoms in total. The lowest BCUT2D eigenvalue weighted by molar-refractivity contribution is 0.597. The summed E-state index contributed by atoms with van der Waals surface area (Å²) in [4.78, 5) is 1.40. The molecule has 1 atom stereocenters. The van der Waals surface area contributed by atoms with Gasteiger partial charge in [-0.1, -0.05) is 32.4 Å². The molecule has 2 heteroatoms. The highest BCUT2D eigenvalue weighted by molar-refractivity contribution is 7.99. The Morgan fingerprint density at radius 3 is 2.81 bits per heavy atom. The SMILES string of the molecule is CCCCSc1cccc(C(C)NCC)c1. The van der Waals surface area contributed by atoms with Crippen LogP contribution in [0.1, 0.15) is 45.2 Å². The van der Waals surface area contributed by atoms with E-state index in [9.17, 15) is 0 Å². The van der Waals surface area contributed by atoms with E-state index in [0.29, 0.717) is 6.04 Å². The van der Waals surface area contributed by atoms with Gasteiger partial charge in [0.1, 0.15) is 0 Å². The Bertz CT molecular complexity index is 299. The highest BCUT2D eigenvalue weighted by Crippen LogP contribution is 2.23. The zero-order valence-corrected chi connectivity index (χ0v) is 11.4. The van der Waals surface area contributed by atoms with Crippen molar-refractivity contribution < 1.29 is 0 Å². The smallest absolute Gasteiger partial charge is 0.0292 e. The van der Waals surface area contributed by atoms with Gasteiger partial charge in [-0.15, -0.1) is 11.8 Å². The summed E-state index contributed by atoms with van der Waals surface area (Å²) in [7, 11) is 0. The predicted octanol–water partition coefficient (Wildman–Crippen LogP) is 4.25. The van der Waals surface area contributed by atoms with E-state index in [1.807, 2.05) is 11.8 Å². The van der Waals surface area contributed by atoms with E-state index in [2.05, 4.69) is 50.4 Å².